The molecular weight excluding hydrogens is 380 g/mol. The molecule has 0 bridgehead atoms. The van der Waals surface area contributed by atoms with Gasteiger partial charge in [0.2, 0.25) is 5.91 Å². The number of nitrogens with one attached hydrogen (secondary N) is 2. The highest BCUT2D eigenvalue weighted by molar-refractivity contribution is 5.77. The molecule has 8 heteroatoms. The van der Waals surface area contributed by atoms with Gasteiger partial charge in [-0.25, -0.2) is 9.67 Å². The Morgan fingerprint density at radius 1 is 1.00 bits per heavy atom. The molecule has 0 aliphatic carbocycles. The summed E-state index contributed by atoms with van der Waals surface area (Å²) in [6.07, 6.45) is 3.53. The minimum atomic E-state index is -0.121. The third kappa shape index (κ3) is 4.71. The minimum absolute atomic E-state index is 0.0359. The number of H-pyrrole nitrogens is 1. The van der Waals surface area contributed by atoms with E-state index in [0.29, 0.717) is 36.8 Å². The van der Waals surface area contributed by atoms with E-state index < -0.39 is 0 Å². The molecular formula is C22H24N6O2. The van der Waals surface area contributed by atoms with Crippen molar-refractivity contribution >= 4 is 27.8 Å². The van der Waals surface area contributed by atoms with E-state index >= 15 is 0 Å². The number of para-hydroxylation sites is 2. The van der Waals surface area contributed by atoms with E-state index in [2.05, 4.69) is 25.6 Å². The van der Waals surface area contributed by atoms with Crippen LogP contribution < -0.4 is 10.9 Å². The van der Waals surface area contributed by atoms with Crippen LogP contribution >= 0.6 is 0 Å². The van der Waals surface area contributed by atoms with Gasteiger partial charge < -0.3 is 10.3 Å². The highest BCUT2D eigenvalue weighted by Crippen LogP contribution is 2.10. The van der Waals surface area contributed by atoms with Crippen LogP contribution in [0.5, 0.6) is 0 Å². The zero-order valence-electron chi connectivity index (χ0n) is 16.7. The van der Waals surface area contributed by atoms with Gasteiger partial charge in [-0.1, -0.05) is 35.9 Å². The number of unbranched alkanes of at least 4 members (excludes halogenated alkanes) is 2. The molecule has 0 saturated carbocycles. The molecule has 0 radical (unpaired) electrons. The van der Waals surface area contributed by atoms with Crippen LogP contribution in [0.4, 0.5) is 0 Å². The molecule has 0 aliphatic rings. The van der Waals surface area contributed by atoms with Crippen LogP contribution in [0.15, 0.2) is 53.3 Å². The number of aryl methyl sites for hydroxylation is 1. The van der Waals surface area contributed by atoms with Crippen molar-refractivity contribution in [3.8, 4) is 0 Å². The zero-order valence-corrected chi connectivity index (χ0v) is 16.7. The van der Waals surface area contributed by atoms with E-state index in [1.54, 1.807) is 12.1 Å². The molecule has 154 valence electrons. The Balaban J connectivity index is 1.15. The maximum Gasteiger partial charge on any atom is 0.277 e. The van der Waals surface area contributed by atoms with Gasteiger partial charge in [0, 0.05) is 25.9 Å². The van der Waals surface area contributed by atoms with Crippen LogP contribution in [0.25, 0.3) is 21.9 Å². The molecule has 0 aliphatic heterocycles. The van der Waals surface area contributed by atoms with Gasteiger partial charge in [0.15, 0.2) is 0 Å². The first-order valence-corrected chi connectivity index (χ1v) is 10.2. The Morgan fingerprint density at radius 2 is 1.80 bits per heavy atom. The standard InChI is InChI=1S/C22H24N6O2/c29-21(23-14-13-20-24-18-10-5-6-11-19(18)25-20)12-2-1-7-15-28-22(30)16-8-3-4-9-17(16)26-27-28/h3-6,8-11H,1-2,7,12-15H2,(H,23,29)(H,24,25). The molecule has 2 aromatic carbocycles. The van der Waals surface area contributed by atoms with Gasteiger partial charge >= 0.3 is 0 Å². The number of aromatic amines is 1. The Kier molecular flexibility index (Phi) is 6.12. The maximum atomic E-state index is 12.4. The van der Waals surface area contributed by atoms with Gasteiger partial charge in [0.1, 0.15) is 11.3 Å². The van der Waals surface area contributed by atoms with Crippen LogP contribution in [-0.2, 0) is 17.8 Å². The van der Waals surface area contributed by atoms with Crippen molar-refractivity contribution in [1.29, 1.82) is 0 Å². The number of carbonyl (C=O) groups excluding carboxylic acids is 1. The zero-order chi connectivity index (χ0) is 20.8. The average molecular weight is 404 g/mol. The number of rotatable bonds is 9. The molecule has 0 unspecified atom stereocenters. The van der Waals surface area contributed by atoms with E-state index in [4.69, 9.17) is 0 Å². The number of nitrogens with zero attached hydrogens (tertiary/aromatic N) is 4. The van der Waals surface area contributed by atoms with Crippen molar-refractivity contribution in [2.45, 2.75) is 38.6 Å². The maximum absolute atomic E-state index is 12.4. The first kappa shape index (κ1) is 19.8. The number of fused-ring (bicyclic) bond motifs is 2. The number of hydrogen-bond donors (Lipinski definition) is 2. The first-order chi connectivity index (χ1) is 14.7. The Bertz CT molecular complexity index is 1180. The molecule has 0 atom stereocenters. The SMILES string of the molecule is O=C(CCCCCn1nnc2ccccc2c1=O)NCCc1nc2ccccc2[nH]1. The molecule has 1 amide bonds. The summed E-state index contributed by atoms with van der Waals surface area (Å²) in [5.41, 5.74) is 2.44. The number of aromatic nitrogens is 5. The van der Waals surface area contributed by atoms with Crippen molar-refractivity contribution in [3.05, 3.63) is 64.7 Å². The predicted octanol–water partition coefficient (Wildman–Crippen LogP) is 2.59. The summed E-state index contributed by atoms with van der Waals surface area (Å²) in [4.78, 5) is 32.2. The van der Waals surface area contributed by atoms with E-state index in [1.807, 2.05) is 36.4 Å². The quantitative estimate of drug-likeness (QED) is 0.417. The lowest BCUT2D eigenvalue weighted by molar-refractivity contribution is -0.121. The third-order valence-corrected chi connectivity index (χ3v) is 5.03. The summed E-state index contributed by atoms with van der Waals surface area (Å²) in [5.74, 6) is 0.909. The fraction of sp³-hybridized carbons (Fsp3) is 0.318. The highest BCUT2D eigenvalue weighted by Gasteiger charge is 2.06. The molecule has 2 N–H and O–H groups in total. The second-order valence-electron chi connectivity index (χ2n) is 7.25. The van der Waals surface area contributed by atoms with Gasteiger partial charge in [0.25, 0.3) is 5.56 Å². The van der Waals surface area contributed by atoms with Crippen LogP contribution in [0.2, 0.25) is 0 Å². The Labute approximate surface area is 173 Å². The summed E-state index contributed by atoms with van der Waals surface area (Å²) < 4.78 is 1.40. The van der Waals surface area contributed by atoms with Crippen molar-refractivity contribution < 1.29 is 4.79 Å². The van der Waals surface area contributed by atoms with Crippen LogP contribution in [0.1, 0.15) is 31.5 Å². The topological polar surface area (TPSA) is 106 Å². The van der Waals surface area contributed by atoms with Crippen molar-refractivity contribution in [3.63, 3.8) is 0 Å². The monoisotopic (exact) mass is 404 g/mol. The number of carbonyl (C=O) groups is 1. The number of amides is 1. The highest BCUT2D eigenvalue weighted by atomic mass is 16.1. The molecule has 0 fully saturated rings. The molecule has 4 rings (SSSR count). The summed E-state index contributed by atoms with van der Waals surface area (Å²) >= 11 is 0. The lowest BCUT2D eigenvalue weighted by Gasteiger charge is -2.06. The molecule has 0 saturated heterocycles. The molecule has 4 aromatic rings. The Morgan fingerprint density at radius 3 is 2.67 bits per heavy atom. The fourth-order valence-corrected chi connectivity index (χ4v) is 3.43. The number of imidazole rings is 1. The van der Waals surface area contributed by atoms with Crippen molar-refractivity contribution in [2.75, 3.05) is 6.54 Å². The van der Waals surface area contributed by atoms with Gasteiger partial charge in [-0.2, -0.15) is 0 Å². The number of benzene rings is 2. The normalized spacial score (nSPS) is 11.2. The summed E-state index contributed by atoms with van der Waals surface area (Å²) in [7, 11) is 0. The third-order valence-electron chi connectivity index (χ3n) is 5.03. The fourth-order valence-electron chi connectivity index (χ4n) is 3.43. The van der Waals surface area contributed by atoms with Gasteiger partial charge in [-0.05, 0) is 37.1 Å². The summed E-state index contributed by atoms with van der Waals surface area (Å²) in [5, 5.41) is 11.6. The largest absolute Gasteiger partial charge is 0.356 e. The molecule has 30 heavy (non-hydrogen) atoms. The average Bonchev–Trinajstić information content (AvgIpc) is 3.18. The predicted molar refractivity (Wildman–Crippen MR) is 115 cm³/mol. The van der Waals surface area contributed by atoms with Crippen molar-refractivity contribution in [2.24, 2.45) is 0 Å². The smallest absolute Gasteiger partial charge is 0.277 e. The summed E-state index contributed by atoms with van der Waals surface area (Å²) in [6.45, 7) is 1.06. The van der Waals surface area contributed by atoms with E-state index in [1.165, 1.54) is 4.68 Å². The van der Waals surface area contributed by atoms with Crippen LogP contribution in [0.3, 0.4) is 0 Å². The van der Waals surface area contributed by atoms with E-state index in [0.717, 1.165) is 36.1 Å². The van der Waals surface area contributed by atoms with E-state index in [9.17, 15) is 9.59 Å². The van der Waals surface area contributed by atoms with Gasteiger partial charge in [-0.3, -0.25) is 9.59 Å². The van der Waals surface area contributed by atoms with Gasteiger partial charge in [0.05, 0.1) is 16.4 Å². The van der Waals surface area contributed by atoms with E-state index in [-0.39, 0.29) is 11.5 Å². The van der Waals surface area contributed by atoms with Gasteiger partial charge in [-0.15, -0.1) is 5.10 Å². The van der Waals surface area contributed by atoms with Crippen LogP contribution in [-0.4, -0.2) is 37.4 Å². The molecule has 0 spiro atoms. The molecule has 8 nitrogen and oxygen atoms in total. The second kappa shape index (κ2) is 9.30. The Hall–Kier alpha value is -3.55. The molecule has 2 heterocycles. The second-order valence-corrected chi connectivity index (χ2v) is 7.25. The first-order valence-electron chi connectivity index (χ1n) is 10.2. The lowest BCUT2D eigenvalue weighted by Crippen LogP contribution is -2.26. The van der Waals surface area contributed by atoms with Crippen LogP contribution in [0, 0.1) is 0 Å². The summed E-state index contributed by atoms with van der Waals surface area (Å²) in [6, 6.07) is 15.1. The molecule has 2 aromatic heterocycles. The minimum Gasteiger partial charge on any atom is -0.356 e. The lowest BCUT2D eigenvalue weighted by atomic mass is 10.2. The van der Waals surface area contributed by atoms with Crippen molar-refractivity contribution in [1.82, 2.24) is 30.3 Å². The number of hydrogen-bond acceptors (Lipinski definition) is 5.